The lowest BCUT2D eigenvalue weighted by atomic mass is 10.1. The summed E-state index contributed by atoms with van der Waals surface area (Å²) in [7, 11) is 0. The average Bonchev–Trinajstić information content (AvgIpc) is 3.47. The van der Waals surface area contributed by atoms with Crippen molar-refractivity contribution in [2.24, 2.45) is 5.92 Å². The Balaban J connectivity index is 1.17. The first-order chi connectivity index (χ1) is 14.2. The molecule has 29 heavy (non-hydrogen) atoms. The minimum atomic E-state index is 0.175. The number of oxazole rings is 1. The van der Waals surface area contributed by atoms with Crippen molar-refractivity contribution in [3.05, 3.63) is 72.2 Å². The van der Waals surface area contributed by atoms with Crippen LogP contribution in [0.25, 0.3) is 11.3 Å². The van der Waals surface area contributed by atoms with Crippen molar-refractivity contribution < 1.29 is 9.21 Å². The van der Waals surface area contributed by atoms with Crippen molar-refractivity contribution >= 4 is 11.6 Å². The quantitative estimate of drug-likeness (QED) is 0.676. The molecule has 2 fully saturated rings. The van der Waals surface area contributed by atoms with Crippen LogP contribution in [0.4, 0.5) is 5.69 Å². The molecule has 0 N–H and O–H groups in total. The highest BCUT2D eigenvalue weighted by molar-refractivity contribution is 5.83. The third-order valence-corrected chi connectivity index (χ3v) is 6.06. The highest BCUT2D eigenvalue weighted by atomic mass is 16.4. The van der Waals surface area contributed by atoms with Crippen molar-refractivity contribution in [2.45, 2.75) is 19.3 Å². The fourth-order valence-corrected chi connectivity index (χ4v) is 4.29. The minimum absolute atomic E-state index is 0.175. The first kappa shape index (κ1) is 18.0. The van der Waals surface area contributed by atoms with E-state index in [2.05, 4.69) is 63.3 Å². The van der Waals surface area contributed by atoms with E-state index in [-0.39, 0.29) is 5.92 Å². The molecule has 5 heteroatoms. The molecule has 1 unspecified atom stereocenters. The third kappa shape index (κ3) is 3.65. The van der Waals surface area contributed by atoms with Crippen LogP contribution in [-0.2, 0) is 4.79 Å². The fourth-order valence-electron chi connectivity index (χ4n) is 4.29. The summed E-state index contributed by atoms with van der Waals surface area (Å²) in [6.45, 7) is 5.17. The lowest BCUT2D eigenvalue weighted by molar-refractivity contribution is -0.132. The zero-order chi connectivity index (χ0) is 19.8. The van der Waals surface area contributed by atoms with Crippen LogP contribution in [0.3, 0.4) is 0 Å². The third-order valence-electron chi connectivity index (χ3n) is 6.06. The van der Waals surface area contributed by atoms with Crippen LogP contribution in [0.2, 0.25) is 0 Å². The molecule has 1 saturated carbocycles. The summed E-state index contributed by atoms with van der Waals surface area (Å²) >= 11 is 0. The van der Waals surface area contributed by atoms with Crippen LogP contribution < -0.4 is 4.90 Å². The van der Waals surface area contributed by atoms with Crippen LogP contribution in [0.5, 0.6) is 0 Å². The van der Waals surface area contributed by atoms with E-state index in [1.165, 1.54) is 11.3 Å². The number of aryl methyl sites for hydroxylation is 1. The molecule has 0 radical (unpaired) electrons. The van der Waals surface area contributed by atoms with Crippen molar-refractivity contribution in [3.8, 4) is 11.3 Å². The van der Waals surface area contributed by atoms with Gasteiger partial charge in [-0.25, -0.2) is 4.98 Å². The predicted octanol–water partition coefficient (Wildman–Crippen LogP) is 4.10. The highest BCUT2D eigenvalue weighted by Gasteiger charge is 2.45. The predicted molar refractivity (Wildman–Crippen MR) is 113 cm³/mol. The molecule has 2 atom stereocenters. The standard InChI is InChI=1S/C24H25N3O2/c1-17-25-16-23(29-17)19-7-9-20(10-8-19)26-11-13-27(14-12-26)24(28)22-15-21(22)18-5-3-2-4-6-18/h2-10,16,21-22H,11-15H2,1H3/t21?,22-/m1/s1. The molecule has 0 spiro atoms. The number of hydrogen-bond donors (Lipinski definition) is 0. The molecule has 2 aromatic carbocycles. The number of hydrogen-bond acceptors (Lipinski definition) is 4. The Morgan fingerprint density at radius 3 is 2.38 bits per heavy atom. The Morgan fingerprint density at radius 2 is 1.72 bits per heavy atom. The number of anilines is 1. The number of amides is 1. The maximum absolute atomic E-state index is 12.9. The van der Waals surface area contributed by atoms with Gasteiger partial charge in [0, 0.05) is 50.3 Å². The average molecular weight is 387 g/mol. The summed E-state index contributed by atoms with van der Waals surface area (Å²) in [6.07, 6.45) is 2.75. The van der Waals surface area contributed by atoms with Gasteiger partial charge < -0.3 is 14.2 Å². The second-order valence-electron chi connectivity index (χ2n) is 7.96. The van der Waals surface area contributed by atoms with Gasteiger partial charge in [-0.1, -0.05) is 30.3 Å². The van der Waals surface area contributed by atoms with Gasteiger partial charge in [-0.3, -0.25) is 4.79 Å². The fraction of sp³-hybridized carbons (Fsp3) is 0.333. The van der Waals surface area contributed by atoms with Gasteiger partial charge in [0.15, 0.2) is 11.7 Å². The van der Waals surface area contributed by atoms with Gasteiger partial charge in [0.1, 0.15) is 0 Å². The van der Waals surface area contributed by atoms with Crippen LogP contribution in [0.15, 0.2) is 65.2 Å². The Kier molecular flexibility index (Phi) is 4.58. The van der Waals surface area contributed by atoms with E-state index in [4.69, 9.17) is 4.42 Å². The lowest BCUT2D eigenvalue weighted by Gasteiger charge is -2.36. The molecule has 1 aliphatic heterocycles. The summed E-state index contributed by atoms with van der Waals surface area (Å²) in [4.78, 5) is 21.4. The molecule has 1 aliphatic carbocycles. The molecule has 5 nitrogen and oxygen atoms in total. The molecular formula is C24H25N3O2. The van der Waals surface area contributed by atoms with Gasteiger partial charge in [0.05, 0.1) is 6.20 Å². The van der Waals surface area contributed by atoms with Gasteiger partial charge in [-0.2, -0.15) is 0 Å². The molecule has 1 amide bonds. The molecule has 5 rings (SSSR count). The van der Waals surface area contributed by atoms with E-state index in [1.807, 2.05) is 13.0 Å². The number of aromatic nitrogens is 1. The van der Waals surface area contributed by atoms with E-state index in [0.717, 1.165) is 43.9 Å². The van der Waals surface area contributed by atoms with Gasteiger partial charge in [0.25, 0.3) is 0 Å². The van der Waals surface area contributed by atoms with E-state index >= 15 is 0 Å². The number of nitrogens with zero attached hydrogens (tertiary/aromatic N) is 3. The van der Waals surface area contributed by atoms with E-state index < -0.39 is 0 Å². The Bertz CT molecular complexity index is 988. The van der Waals surface area contributed by atoms with Crippen LogP contribution in [0.1, 0.15) is 23.8 Å². The maximum Gasteiger partial charge on any atom is 0.226 e. The first-order valence-corrected chi connectivity index (χ1v) is 10.3. The number of rotatable bonds is 4. The Labute approximate surface area is 171 Å². The van der Waals surface area contributed by atoms with Gasteiger partial charge in [-0.05, 0) is 42.2 Å². The second-order valence-corrected chi connectivity index (χ2v) is 7.96. The topological polar surface area (TPSA) is 49.6 Å². The normalized spacial score (nSPS) is 21.3. The van der Waals surface area contributed by atoms with Crippen molar-refractivity contribution in [2.75, 3.05) is 31.1 Å². The Hall–Kier alpha value is -3.08. The van der Waals surface area contributed by atoms with Crippen molar-refractivity contribution in [1.29, 1.82) is 0 Å². The van der Waals surface area contributed by atoms with E-state index in [1.54, 1.807) is 6.20 Å². The van der Waals surface area contributed by atoms with Gasteiger partial charge >= 0.3 is 0 Å². The number of benzene rings is 2. The molecule has 3 aromatic rings. The molecule has 0 bridgehead atoms. The number of piperazine rings is 1. The Morgan fingerprint density at radius 1 is 1.00 bits per heavy atom. The summed E-state index contributed by atoms with van der Waals surface area (Å²) in [6, 6.07) is 18.8. The SMILES string of the molecule is Cc1ncc(-c2ccc(N3CCN(C(=O)[C@@H]4CC4c4ccccc4)CC3)cc2)o1. The molecule has 148 valence electrons. The summed E-state index contributed by atoms with van der Waals surface area (Å²) in [5.41, 5.74) is 3.51. The van der Waals surface area contributed by atoms with Gasteiger partial charge in [0.2, 0.25) is 5.91 Å². The summed E-state index contributed by atoms with van der Waals surface area (Å²) < 4.78 is 5.60. The molecule has 2 aliphatic rings. The molecule has 2 heterocycles. The van der Waals surface area contributed by atoms with Crippen LogP contribution >= 0.6 is 0 Å². The first-order valence-electron chi connectivity index (χ1n) is 10.3. The number of carbonyl (C=O) groups is 1. The molecule has 1 aromatic heterocycles. The smallest absolute Gasteiger partial charge is 0.226 e. The van der Waals surface area contributed by atoms with Crippen molar-refractivity contribution in [1.82, 2.24) is 9.88 Å². The van der Waals surface area contributed by atoms with E-state index in [0.29, 0.717) is 17.7 Å². The molecular weight excluding hydrogens is 362 g/mol. The monoisotopic (exact) mass is 387 g/mol. The number of carbonyl (C=O) groups excluding carboxylic acids is 1. The largest absolute Gasteiger partial charge is 0.441 e. The zero-order valence-corrected chi connectivity index (χ0v) is 16.6. The van der Waals surface area contributed by atoms with Crippen LogP contribution in [0, 0.1) is 12.8 Å². The van der Waals surface area contributed by atoms with Crippen LogP contribution in [-0.4, -0.2) is 42.0 Å². The van der Waals surface area contributed by atoms with Crippen molar-refractivity contribution in [3.63, 3.8) is 0 Å². The van der Waals surface area contributed by atoms with E-state index in [9.17, 15) is 4.79 Å². The lowest BCUT2D eigenvalue weighted by Crippen LogP contribution is -2.49. The zero-order valence-electron chi connectivity index (χ0n) is 16.6. The minimum Gasteiger partial charge on any atom is -0.441 e. The second kappa shape index (κ2) is 7.39. The highest BCUT2D eigenvalue weighted by Crippen LogP contribution is 2.48. The maximum atomic E-state index is 12.9. The summed E-state index contributed by atoms with van der Waals surface area (Å²) in [5.74, 6) is 2.38. The summed E-state index contributed by atoms with van der Waals surface area (Å²) in [5, 5.41) is 0. The molecule has 1 saturated heterocycles. The van der Waals surface area contributed by atoms with Gasteiger partial charge in [-0.15, -0.1) is 0 Å².